The third-order valence-electron chi connectivity index (χ3n) is 3.14. The van der Waals surface area contributed by atoms with Crippen molar-refractivity contribution >= 4 is 22.9 Å². The molecule has 0 fully saturated rings. The Morgan fingerprint density at radius 2 is 2.30 bits per heavy atom. The van der Waals surface area contributed by atoms with Gasteiger partial charge in [-0.25, -0.2) is 0 Å². The topological polar surface area (TPSA) is 50.4 Å². The van der Waals surface area contributed by atoms with Crippen LogP contribution in [0.5, 0.6) is 5.75 Å². The van der Waals surface area contributed by atoms with Gasteiger partial charge in [0.2, 0.25) is 0 Å². The zero-order valence-electron chi connectivity index (χ0n) is 11.2. The molecule has 0 saturated heterocycles. The zero-order chi connectivity index (χ0) is 13.9. The van der Waals surface area contributed by atoms with Crippen molar-refractivity contribution in [2.75, 3.05) is 18.5 Å². The van der Waals surface area contributed by atoms with Gasteiger partial charge in [-0.15, -0.1) is 11.3 Å². The number of rotatable bonds is 3. The Hall–Kier alpha value is -2.01. The first-order valence-corrected chi connectivity index (χ1v) is 7.39. The molecule has 0 spiro atoms. The van der Waals surface area contributed by atoms with Gasteiger partial charge in [-0.2, -0.15) is 0 Å². The van der Waals surface area contributed by atoms with Gasteiger partial charge in [-0.3, -0.25) is 4.79 Å². The van der Waals surface area contributed by atoms with E-state index in [1.807, 2.05) is 18.2 Å². The summed E-state index contributed by atoms with van der Waals surface area (Å²) in [6.45, 7) is 3.96. The Kier molecular flexibility index (Phi) is 3.60. The summed E-state index contributed by atoms with van der Waals surface area (Å²) in [5, 5.41) is 6.17. The predicted molar refractivity (Wildman–Crippen MR) is 80.7 cm³/mol. The molecule has 0 bridgehead atoms. The van der Waals surface area contributed by atoms with Crippen LogP contribution < -0.4 is 15.4 Å². The molecule has 0 radical (unpaired) electrons. The highest BCUT2D eigenvalue weighted by Gasteiger charge is 2.18. The maximum atomic E-state index is 12.3. The van der Waals surface area contributed by atoms with Gasteiger partial charge < -0.3 is 15.4 Å². The van der Waals surface area contributed by atoms with Gasteiger partial charge in [-0.1, -0.05) is 6.07 Å². The van der Waals surface area contributed by atoms with E-state index in [9.17, 15) is 4.79 Å². The molecule has 0 atom stereocenters. The van der Waals surface area contributed by atoms with Crippen LogP contribution in [0.15, 0.2) is 30.3 Å². The first-order chi connectivity index (χ1) is 9.74. The van der Waals surface area contributed by atoms with Crippen LogP contribution in [-0.4, -0.2) is 19.1 Å². The van der Waals surface area contributed by atoms with Crippen molar-refractivity contribution in [3.8, 4) is 5.75 Å². The van der Waals surface area contributed by atoms with Crippen molar-refractivity contribution in [2.24, 2.45) is 0 Å². The number of para-hydroxylation sites is 1. The van der Waals surface area contributed by atoms with Gasteiger partial charge in [0.25, 0.3) is 5.91 Å². The van der Waals surface area contributed by atoms with Crippen molar-refractivity contribution in [3.63, 3.8) is 0 Å². The van der Waals surface area contributed by atoms with Crippen LogP contribution in [0.4, 0.5) is 5.69 Å². The van der Waals surface area contributed by atoms with E-state index in [0.29, 0.717) is 24.5 Å². The number of hydrogen-bond donors (Lipinski definition) is 2. The molecule has 4 nitrogen and oxygen atoms in total. The third kappa shape index (κ3) is 2.63. The molecule has 1 amide bonds. The highest BCUT2D eigenvalue weighted by molar-refractivity contribution is 7.11. The van der Waals surface area contributed by atoms with Crippen molar-refractivity contribution in [3.05, 3.63) is 45.6 Å². The van der Waals surface area contributed by atoms with E-state index in [4.69, 9.17) is 4.74 Å². The summed E-state index contributed by atoms with van der Waals surface area (Å²) in [7, 11) is 0. The minimum Gasteiger partial charge on any atom is -0.489 e. The van der Waals surface area contributed by atoms with Crippen LogP contribution >= 0.6 is 11.3 Å². The molecule has 104 valence electrons. The lowest BCUT2D eigenvalue weighted by Gasteiger charge is -2.21. The number of anilines is 1. The molecule has 3 rings (SSSR count). The minimum absolute atomic E-state index is 0.100. The van der Waals surface area contributed by atoms with Crippen LogP contribution in [0, 0.1) is 6.92 Å². The Labute approximate surface area is 121 Å². The van der Waals surface area contributed by atoms with Gasteiger partial charge in [-0.05, 0) is 31.2 Å². The number of hydrogen-bond acceptors (Lipinski definition) is 4. The summed E-state index contributed by atoms with van der Waals surface area (Å²) < 4.78 is 5.61. The standard InChI is InChI=1S/C15H16N2O2S/c1-10-5-6-11(20-10)9-17-15(18)12-3-2-4-13-14(12)19-8-7-16-13/h2-6,16H,7-9H2,1H3,(H,17,18). The molecular weight excluding hydrogens is 272 g/mol. The highest BCUT2D eigenvalue weighted by Crippen LogP contribution is 2.31. The lowest BCUT2D eigenvalue weighted by atomic mass is 10.1. The minimum atomic E-state index is -0.100. The van der Waals surface area contributed by atoms with Gasteiger partial charge in [0.05, 0.1) is 17.8 Å². The normalized spacial score (nSPS) is 13.1. The fourth-order valence-electron chi connectivity index (χ4n) is 2.19. The lowest BCUT2D eigenvalue weighted by Crippen LogP contribution is -2.25. The van der Waals surface area contributed by atoms with Gasteiger partial charge in [0.1, 0.15) is 6.61 Å². The summed E-state index contributed by atoms with van der Waals surface area (Å²) in [6.07, 6.45) is 0. The number of carbonyl (C=O) groups excluding carboxylic acids is 1. The van der Waals surface area contributed by atoms with Gasteiger partial charge in [0.15, 0.2) is 5.75 Å². The number of fused-ring (bicyclic) bond motifs is 1. The van der Waals surface area contributed by atoms with E-state index in [-0.39, 0.29) is 5.91 Å². The number of nitrogens with one attached hydrogen (secondary N) is 2. The molecule has 1 aliphatic heterocycles. The Morgan fingerprint density at radius 1 is 1.40 bits per heavy atom. The average molecular weight is 288 g/mol. The van der Waals surface area contributed by atoms with Gasteiger partial charge >= 0.3 is 0 Å². The van der Waals surface area contributed by atoms with E-state index in [1.54, 1.807) is 17.4 Å². The van der Waals surface area contributed by atoms with E-state index < -0.39 is 0 Å². The molecule has 1 aromatic heterocycles. The number of aryl methyl sites for hydroxylation is 1. The van der Waals surface area contributed by atoms with Crippen molar-refractivity contribution < 1.29 is 9.53 Å². The smallest absolute Gasteiger partial charge is 0.255 e. The fourth-order valence-corrected chi connectivity index (χ4v) is 3.02. The first-order valence-electron chi connectivity index (χ1n) is 6.57. The summed E-state index contributed by atoms with van der Waals surface area (Å²) in [6, 6.07) is 9.68. The molecule has 0 saturated carbocycles. The first kappa shape index (κ1) is 13.0. The second-order valence-corrected chi connectivity index (χ2v) is 6.02. The van der Waals surface area contributed by atoms with E-state index in [2.05, 4.69) is 23.6 Å². The largest absolute Gasteiger partial charge is 0.489 e. The van der Waals surface area contributed by atoms with Crippen LogP contribution in [0.3, 0.4) is 0 Å². The molecule has 0 aliphatic carbocycles. The van der Waals surface area contributed by atoms with Crippen LogP contribution in [0.25, 0.3) is 0 Å². The number of carbonyl (C=O) groups is 1. The van der Waals surface area contributed by atoms with Crippen LogP contribution in [-0.2, 0) is 6.54 Å². The number of ether oxygens (including phenoxy) is 1. The molecule has 1 aliphatic rings. The lowest BCUT2D eigenvalue weighted by molar-refractivity contribution is 0.0947. The van der Waals surface area contributed by atoms with E-state index in [0.717, 1.165) is 17.1 Å². The monoisotopic (exact) mass is 288 g/mol. The molecule has 2 heterocycles. The van der Waals surface area contributed by atoms with E-state index >= 15 is 0 Å². The van der Waals surface area contributed by atoms with Gasteiger partial charge in [0, 0.05) is 16.3 Å². The second kappa shape index (κ2) is 5.54. The van der Waals surface area contributed by atoms with Crippen molar-refractivity contribution in [1.82, 2.24) is 5.32 Å². The third-order valence-corrected chi connectivity index (χ3v) is 4.14. The van der Waals surface area contributed by atoms with Crippen LogP contribution in [0.1, 0.15) is 20.1 Å². The zero-order valence-corrected chi connectivity index (χ0v) is 12.0. The maximum absolute atomic E-state index is 12.3. The predicted octanol–water partition coefficient (Wildman–Crippen LogP) is 2.79. The highest BCUT2D eigenvalue weighted by atomic mass is 32.1. The van der Waals surface area contributed by atoms with Crippen molar-refractivity contribution in [1.29, 1.82) is 0 Å². The van der Waals surface area contributed by atoms with Crippen LogP contribution in [0.2, 0.25) is 0 Å². The summed E-state index contributed by atoms with van der Waals surface area (Å²) >= 11 is 1.70. The summed E-state index contributed by atoms with van der Waals surface area (Å²) in [5.74, 6) is 0.551. The number of amides is 1. The quantitative estimate of drug-likeness (QED) is 0.913. The Bertz CT molecular complexity index is 637. The van der Waals surface area contributed by atoms with Crippen molar-refractivity contribution in [2.45, 2.75) is 13.5 Å². The molecule has 1 aromatic carbocycles. The molecule has 2 N–H and O–H groups in total. The fraction of sp³-hybridized carbons (Fsp3) is 0.267. The maximum Gasteiger partial charge on any atom is 0.255 e. The molecule has 0 unspecified atom stereocenters. The molecule has 2 aromatic rings. The Morgan fingerprint density at radius 3 is 3.10 bits per heavy atom. The molecule has 20 heavy (non-hydrogen) atoms. The average Bonchev–Trinajstić information content (AvgIpc) is 2.90. The Balaban J connectivity index is 1.74. The molecule has 5 heteroatoms. The number of benzene rings is 1. The molecular formula is C15H16N2O2S. The summed E-state index contributed by atoms with van der Waals surface area (Å²) in [5.41, 5.74) is 1.47. The SMILES string of the molecule is Cc1ccc(CNC(=O)c2cccc3c2OCCN3)s1. The number of thiophene rings is 1. The van der Waals surface area contributed by atoms with E-state index in [1.165, 1.54) is 4.88 Å². The second-order valence-electron chi connectivity index (χ2n) is 4.65. The summed E-state index contributed by atoms with van der Waals surface area (Å²) in [4.78, 5) is 14.7.